The van der Waals surface area contributed by atoms with Crippen molar-refractivity contribution in [3.63, 3.8) is 0 Å². The molecule has 3 aromatic rings. The van der Waals surface area contributed by atoms with E-state index in [0.717, 1.165) is 12.1 Å². The third-order valence-corrected chi connectivity index (χ3v) is 2.96. The van der Waals surface area contributed by atoms with Crippen molar-refractivity contribution in [2.45, 2.75) is 6.92 Å². The molecule has 0 N–H and O–H groups in total. The molecule has 6 heteroatoms. The lowest BCUT2D eigenvalue weighted by Gasteiger charge is -2.08. The zero-order valence-electron chi connectivity index (χ0n) is 10.5. The van der Waals surface area contributed by atoms with Gasteiger partial charge in [0.2, 0.25) is 0 Å². The summed E-state index contributed by atoms with van der Waals surface area (Å²) >= 11 is 0. The Morgan fingerprint density at radius 1 is 1.05 bits per heavy atom. The van der Waals surface area contributed by atoms with Crippen molar-refractivity contribution in [2.24, 2.45) is 0 Å². The van der Waals surface area contributed by atoms with Crippen LogP contribution in [0.3, 0.4) is 0 Å². The molecule has 0 aliphatic heterocycles. The van der Waals surface area contributed by atoms with Gasteiger partial charge in [0, 0.05) is 0 Å². The van der Waals surface area contributed by atoms with E-state index in [1.807, 2.05) is 0 Å². The molecule has 0 amide bonds. The number of hydrogen-bond acceptors (Lipinski definition) is 3. The lowest BCUT2D eigenvalue weighted by Crippen LogP contribution is -2.15. The van der Waals surface area contributed by atoms with Crippen LogP contribution in [0, 0.1) is 18.6 Å². The minimum absolute atomic E-state index is 0.129. The first-order valence-electron chi connectivity index (χ1n) is 5.87. The van der Waals surface area contributed by atoms with Crippen molar-refractivity contribution in [3.05, 3.63) is 64.3 Å². The minimum Gasteiger partial charge on any atom is -0.267 e. The largest absolute Gasteiger partial charge is 0.281 e. The van der Waals surface area contributed by atoms with Crippen LogP contribution in [-0.4, -0.2) is 14.6 Å². The Morgan fingerprint density at radius 2 is 1.75 bits per heavy atom. The Labute approximate surface area is 112 Å². The topological polar surface area (TPSA) is 47.3 Å². The Hall–Kier alpha value is -2.63. The predicted molar refractivity (Wildman–Crippen MR) is 69.3 cm³/mol. The number of aromatic nitrogens is 3. The summed E-state index contributed by atoms with van der Waals surface area (Å²) in [4.78, 5) is 15.6. The van der Waals surface area contributed by atoms with Crippen LogP contribution in [-0.2, 0) is 0 Å². The second-order valence-electron chi connectivity index (χ2n) is 4.33. The van der Waals surface area contributed by atoms with Crippen molar-refractivity contribution in [2.75, 3.05) is 0 Å². The standard InChI is InChI=1S/C14H9F2N3O/c1-8-5-6-11-13(14(20)17-7-19(11)18-8)12-9(15)3-2-4-10(12)16/h2-7H,1H3. The third kappa shape index (κ3) is 1.85. The van der Waals surface area contributed by atoms with Crippen LogP contribution in [0.4, 0.5) is 8.78 Å². The molecule has 0 atom stereocenters. The first kappa shape index (κ1) is 12.4. The quantitative estimate of drug-likeness (QED) is 0.683. The highest BCUT2D eigenvalue weighted by atomic mass is 19.1. The average molecular weight is 273 g/mol. The smallest absolute Gasteiger partial charge is 0.267 e. The lowest BCUT2D eigenvalue weighted by molar-refractivity contribution is 0.589. The second-order valence-corrected chi connectivity index (χ2v) is 4.33. The lowest BCUT2D eigenvalue weighted by atomic mass is 10.1. The molecule has 0 aliphatic rings. The van der Waals surface area contributed by atoms with Crippen LogP contribution in [0.1, 0.15) is 5.69 Å². The molecule has 2 aromatic heterocycles. The molecule has 100 valence electrons. The third-order valence-electron chi connectivity index (χ3n) is 2.96. The maximum atomic E-state index is 13.9. The van der Waals surface area contributed by atoms with Crippen LogP contribution < -0.4 is 5.56 Å². The van der Waals surface area contributed by atoms with Crippen molar-refractivity contribution in [3.8, 4) is 11.1 Å². The number of aryl methyl sites for hydroxylation is 1. The molecular formula is C14H9F2N3O. The van der Waals surface area contributed by atoms with Crippen LogP contribution in [0.15, 0.2) is 41.5 Å². The fourth-order valence-corrected chi connectivity index (χ4v) is 2.07. The summed E-state index contributed by atoms with van der Waals surface area (Å²) in [7, 11) is 0. The van der Waals surface area contributed by atoms with Gasteiger partial charge in [-0.1, -0.05) is 6.07 Å². The van der Waals surface area contributed by atoms with E-state index in [9.17, 15) is 13.6 Å². The fraction of sp³-hybridized carbons (Fsp3) is 0.0714. The van der Waals surface area contributed by atoms with Crippen LogP contribution in [0.25, 0.3) is 16.6 Å². The van der Waals surface area contributed by atoms with E-state index in [1.165, 1.54) is 16.9 Å². The summed E-state index contributed by atoms with van der Waals surface area (Å²) in [5.41, 5.74) is -0.202. The van der Waals surface area contributed by atoms with E-state index >= 15 is 0 Å². The maximum absolute atomic E-state index is 13.9. The molecule has 0 bridgehead atoms. The number of halogens is 2. The Morgan fingerprint density at radius 3 is 2.45 bits per heavy atom. The van der Waals surface area contributed by atoms with Crippen LogP contribution >= 0.6 is 0 Å². The first-order chi connectivity index (χ1) is 9.58. The predicted octanol–water partition coefficient (Wildman–Crippen LogP) is 2.34. The zero-order chi connectivity index (χ0) is 14.3. The van der Waals surface area contributed by atoms with Gasteiger partial charge in [-0.25, -0.2) is 13.3 Å². The summed E-state index contributed by atoms with van der Waals surface area (Å²) < 4.78 is 29.1. The van der Waals surface area contributed by atoms with E-state index in [0.29, 0.717) is 11.2 Å². The van der Waals surface area contributed by atoms with Gasteiger partial charge in [-0.05, 0) is 31.2 Å². The molecule has 0 spiro atoms. The molecule has 0 unspecified atom stereocenters. The highest BCUT2D eigenvalue weighted by molar-refractivity contribution is 5.79. The fourth-order valence-electron chi connectivity index (χ4n) is 2.07. The average Bonchev–Trinajstić information content (AvgIpc) is 2.41. The summed E-state index contributed by atoms with van der Waals surface area (Å²) in [6.45, 7) is 1.76. The highest BCUT2D eigenvalue weighted by Gasteiger charge is 2.18. The van der Waals surface area contributed by atoms with E-state index in [2.05, 4.69) is 10.1 Å². The van der Waals surface area contributed by atoms with Gasteiger partial charge in [-0.3, -0.25) is 4.79 Å². The van der Waals surface area contributed by atoms with Gasteiger partial charge in [-0.2, -0.15) is 10.1 Å². The molecule has 0 saturated carbocycles. The van der Waals surface area contributed by atoms with Gasteiger partial charge >= 0.3 is 0 Å². The SMILES string of the molecule is Cc1ccc2c(-c3c(F)cccc3F)c(=O)ncn2n1. The summed E-state index contributed by atoms with van der Waals surface area (Å²) in [5, 5.41) is 4.13. The maximum Gasteiger partial charge on any atom is 0.281 e. The van der Waals surface area contributed by atoms with E-state index < -0.39 is 17.2 Å². The molecule has 2 heterocycles. The van der Waals surface area contributed by atoms with Crippen molar-refractivity contribution < 1.29 is 8.78 Å². The normalized spacial score (nSPS) is 10.9. The summed E-state index contributed by atoms with van der Waals surface area (Å²) in [6.07, 6.45) is 1.23. The summed E-state index contributed by atoms with van der Waals surface area (Å²) in [5.74, 6) is -1.62. The monoisotopic (exact) mass is 273 g/mol. The van der Waals surface area contributed by atoms with E-state index in [1.54, 1.807) is 19.1 Å². The van der Waals surface area contributed by atoms with Crippen molar-refractivity contribution >= 4 is 5.52 Å². The number of fused-ring (bicyclic) bond motifs is 1. The van der Waals surface area contributed by atoms with Gasteiger partial charge in [0.1, 0.15) is 18.0 Å². The van der Waals surface area contributed by atoms with Crippen LogP contribution in [0.2, 0.25) is 0 Å². The number of nitrogens with zero attached hydrogens (tertiary/aromatic N) is 3. The molecule has 20 heavy (non-hydrogen) atoms. The Balaban J connectivity index is 2.47. The van der Waals surface area contributed by atoms with Gasteiger partial charge in [0.05, 0.1) is 22.3 Å². The molecule has 0 radical (unpaired) electrons. The highest BCUT2D eigenvalue weighted by Crippen LogP contribution is 2.26. The van der Waals surface area contributed by atoms with Crippen LogP contribution in [0.5, 0.6) is 0 Å². The number of hydrogen-bond donors (Lipinski definition) is 0. The Bertz CT molecular complexity index is 854. The number of rotatable bonds is 1. The molecular weight excluding hydrogens is 264 g/mol. The molecule has 0 saturated heterocycles. The minimum atomic E-state index is -0.808. The van der Waals surface area contributed by atoms with Gasteiger partial charge in [-0.15, -0.1) is 0 Å². The second kappa shape index (κ2) is 4.48. The molecule has 0 fully saturated rings. The van der Waals surface area contributed by atoms with E-state index in [4.69, 9.17) is 0 Å². The Kier molecular flexibility index (Phi) is 2.78. The van der Waals surface area contributed by atoms with Crippen molar-refractivity contribution in [1.82, 2.24) is 14.6 Å². The van der Waals surface area contributed by atoms with Crippen molar-refractivity contribution in [1.29, 1.82) is 0 Å². The van der Waals surface area contributed by atoms with E-state index in [-0.39, 0.29) is 11.1 Å². The van der Waals surface area contributed by atoms with Gasteiger partial charge in [0.25, 0.3) is 5.56 Å². The molecule has 3 rings (SSSR count). The first-order valence-corrected chi connectivity index (χ1v) is 5.87. The summed E-state index contributed by atoms with van der Waals surface area (Å²) in [6, 6.07) is 6.70. The number of benzene rings is 1. The molecule has 1 aromatic carbocycles. The van der Waals surface area contributed by atoms with Gasteiger partial charge < -0.3 is 0 Å². The molecule has 4 nitrogen and oxygen atoms in total. The molecule has 0 aliphatic carbocycles. The zero-order valence-corrected chi connectivity index (χ0v) is 10.5. The van der Waals surface area contributed by atoms with Gasteiger partial charge in [0.15, 0.2) is 0 Å².